The fourth-order valence-corrected chi connectivity index (χ4v) is 12.1. The Hall–Kier alpha value is -0.358. The molecule has 41 heavy (non-hydrogen) atoms. The van der Waals surface area contributed by atoms with Crippen molar-refractivity contribution in [3.05, 3.63) is 0 Å². The summed E-state index contributed by atoms with van der Waals surface area (Å²) in [6, 6.07) is 1.36. The van der Waals surface area contributed by atoms with Gasteiger partial charge in [-0.15, -0.1) is 0 Å². The van der Waals surface area contributed by atoms with Gasteiger partial charge in [-0.2, -0.15) is 0 Å². The second kappa shape index (κ2) is 22.2. The van der Waals surface area contributed by atoms with E-state index in [1.54, 1.807) is 28.4 Å². The Balaban J connectivity index is -0.000000688. The van der Waals surface area contributed by atoms with Crippen LogP contribution in [0.2, 0.25) is 23.2 Å². The van der Waals surface area contributed by atoms with E-state index in [4.69, 9.17) is 17.7 Å². The van der Waals surface area contributed by atoms with E-state index in [0.29, 0.717) is 12.1 Å². The molecule has 0 bridgehead atoms. The van der Waals surface area contributed by atoms with Crippen molar-refractivity contribution in [1.29, 1.82) is 0 Å². The van der Waals surface area contributed by atoms with Crippen LogP contribution in [-0.4, -0.2) is 68.7 Å². The van der Waals surface area contributed by atoms with E-state index < -0.39 is 28.2 Å². The first-order valence-corrected chi connectivity index (χ1v) is 19.1. The predicted octanol–water partition coefficient (Wildman–Crippen LogP) is 6.68. The molecule has 11 heteroatoms. The van der Waals surface area contributed by atoms with Gasteiger partial charge in [-0.05, 0) is 12.1 Å². The molecule has 0 rings (SSSR count). The Kier molecular flexibility index (Phi) is 24.4. The third-order valence-corrected chi connectivity index (χ3v) is 15.2. The van der Waals surface area contributed by atoms with Crippen LogP contribution >= 0.6 is 0 Å². The number of carbonyl (C=O) groups is 4. The first-order valence-electron chi connectivity index (χ1n) is 14.9. The summed E-state index contributed by atoms with van der Waals surface area (Å²) in [4.78, 5) is 50.3. The zero-order chi connectivity index (χ0) is 31.8. The molecule has 8 nitrogen and oxygen atoms in total. The molecule has 0 N–H and O–H groups in total. The minimum atomic E-state index is -2.84. The van der Waals surface area contributed by atoms with Gasteiger partial charge in [0.15, 0.2) is 0 Å². The molecule has 0 saturated carbocycles. The summed E-state index contributed by atoms with van der Waals surface area (Å²) < 4.78 is 22.7. The Morgan fingerprint density at radius 3 is 0.805 bits per heavy atom. The van der Waals surface area contributed by atoms with Crippen molar-refractivity contribution in [3.63, 3.8) is 0 Å². The summed E-state index contributed by atoms with van der Waals surface area (Å²) in [5.74, 6) is -0.957. The summed E-state index contributed by atoms with van der Waals surface area (Å²) >= 11 is 0. The fraction of sp³-hybridized carbons (Fsp3) is 0.867. The number of Topliss-reactive ketones (excluding diaryl/α,β-unsaturated/α-hetero) is 4. The Labute approximate surface area is 267 Å². The average molecular weight is 800 g/mol. The maximum absolute atomic E-state index is 12.6. The number of ketones is 4. The quantitative estimate of drug-likeness (QED) is 0.0993. The van der Waals surface area contributed by atoms with Crippen LogP contribution in [0.5, 0.6) is 0 Å². The molecular formula is C30H60O8PtSi2+2. The van der Waals surface area contributed by atoms with Gasteiger partial charge < -0.3 is 17.7 Å². The number of rotatable bonds is 20. The monoisotopic (exact) mass is 799 g/mol. The molecule has 0 aromatic carbocycles. The van der Waals surface area contributed by atoms with Crippen molar-refractivity contribution >= 4 is 40.3 Å². The fourth-order valence-electron chi connectivity index (χ4n) is 4.66. The average Bonchev–Trinajstić information content (AvgIpc) is 2.92. The third-order valence-electron chi connectivity index (χ3n) is 7.43. The number of unbranched alkanes of at least 4 members (excludes halogenated alkanes) is 2. The summed E-state index contributed by atoms with van der Waals surface area (Å²) in [7, 11) is 0.587. The van der Waals surface area contributed by atoms with E-state index in [9.17, 15) is 19.2 Å². The van der Waals surface area contributed by atoms with Crippen molar-refractivity contribution in [2.75, 3.05) is 28.4 Å². The molecule has 0 aliphatic rings. The summed E-state index contributed by atoms with van der Waals surface area (Å²) in [5.41, 5.74) is -1.44. The van der Waals surface area contributed by atoms with Gasteiger partial charge in [-0.25, -0.2) is 0 Å². The number of hydrogen-bond acceptors (Lipinski definition) is 8. The maximum atomic E-state index is 12.6. The van der Waals surface area contributed by atoms with Crippen LogP contribution in [0.15, 0.2) is 0 Å². The smallest absolute Gasteiger partial charge is 0.397 e. The molecular weight excluding hydrogens is 740 g/mol. The van der Waals surface area contributed by atoms with E-state index in [-0.39, 0.29) is 67.9 Å². The van der Waals surface area contributed by atoms with Crippen LogP contribution < -0.4 is 0 Å². The van der Waals surface area contributed by atoms with Crippen LogP contribution in [0.3, 0.4) is 0 Å². The summed E-state index contributed by atoms with van der Waals surface area (Å²) in [6.45, 7) is 18.8. The largest absolute Gasteiger partial charge is 2.00 e. The molecule has 0 unspecified atom stereocenters. The first-order chi connectivity index (χ1) is 18.5. The van der Waals surface area contributed by atoms with E-state index in [0.717, 1.165) is 25.7 Å². The predicted molar refractivity (Wildman–Crippen MR) is 166 cm³/mol. The van der Waals surface area contributed by atoms with Gasteiger partial charge >= 0.3 is 38.2 Å². The van der Waals surface area contributed by atoms with Gasteiger partial charge in [0.1, 0.15) is 34.2 Å². The summed E-state index contributed by atoms with van der Waals surface area (Å²) in [6.07, 6.45) is 3.78. The molecule has 0 aromatic rings. The molecule has 0 atom stereocenters. The molecule has 244 valence electrons. The Morgan fingerprint density at radius 1 is 0.488 bits per heavy atom. The maximum Gasteiger partial charge on any atom is 2.00 e. The Bertz CT molecular complexity index is 674. The number of hydrogen-bond donors (Lipinski definition) is 0. The van der Waals surface area contributed by atoms with E-state index in [1.165, 1.54) is 0 Å². The van der Waals surface area contributed by atoms with Crippen LogP contribution in [0.4, 0.5) is 0 Å². The molecule has 0 heterocycles. The van der Waals surface area contributed by atoms with E-state index in [1.807, 2.05) is 55.4 Å². The zero-order valence-electron chi connectivity index (χ0n) is 28.3. The zero-order valence-corrected chi connectivity index (χ0v) is 32.6. The van der Waals surface area contributed by atoms with Gasteiger partial charge in [-0.1, -0.05) is 94.9 Å². The topological polar surface area (TPSA) is 105 Å². The van der Waals surface area contributed by atoms with Crippen LogP contribution in [0.25, 0.3) is 0 Å². The van der Waals surface area contributed by atoms with Crippen molar-refractivity contribution in [3.8, 4) is 0 Å². The van der Waals surface area contributed by atoms with Crippen LogP contribution in [-0.2, 0) is 57.9 Å². The van der Waals surface area contributed by atoms with Gasteiger partial charge in [0, 0.05) is 52.1 Å². The minimum Gasteiger partial charge on any atom is -0.397 e. The number of carbonyl (C=O) groups excluding carboxylic acids is 4. The molecule has 0 fully saturated rings. The van der Waals surface area contributed by atoms with Crippen molar-refractivity contribution in [1.82, 2.24) is 0 Å². The molecule has 0 aliphatic heterocycles. The molecule has 0 radical (unpaired) electrons. The molecule has 0 spiro atoms. The minimum absolute atomic E-state index is 0. The first kappa shape index (κ1) is 45.1. The van der Waals surface area contributed by atoms with E-state index >= 15 is 0 Å². The van der Waals surface area contributed by atoms with Gasteiger partial charge in [0.2, 0.25) is 0 Å². The third kappa shape index (κ3) is 13.0. The normalized spacial score (nSPS) is 12.2. The SMILES string of the molecule is CCCC[Si](OC)(OC)C(C(=O)C(C)C)C(=O)C(C)C.CCCC[Si](OC)(OC)C(C(=O)C(C)C)C(=O)C(C)C.[Pt+2]. The second-order valence-corrected chi connectivity index (χ2v) is 18.8. The standard InChI is InChI=1S/2C15H30O4Si.Pt/c2*1-8-9-10-20(18-6,19-7)15(13(16)11(2)3)14(17)12(4)5;/h2*11-12,15H,8-10H2,1-7H3;/q;;+2. The van der Waals surface area contributed by atoms with Crippen LogP contribution in [0.1, 0.15) is 94.9 Å². The van der Waals surface area contributed by atoms with Crippen LogP contribution in [0, 0.1) is 23.7 Å². The Morgan fingerprint density at radius 2 is 0.683 bits per heavy atom. The van der Waals surface area contributed by atoms with Gasteiger partial charge in [0.05, 0.1) is 0 Å². The van der Waals surface area contributed by atoms with Gasteiger partial charge in [-0.3, -0.25) is 19.2 Å². The van der Waals surface area contributed by atoms with E-state index in [2.05, 4.69) is 13.8 Å². The van der Waals surface area contributed by atoms with Crippen molar-refractivity contribution in [2.45, 2.75) is 118 Å². The molecule has 0 aliphatic carbocycles. The molecule has 0 aromatic heterocycles. The molecule has 0 saturated heterocycles. The van der Waals surface area contributed by atoms with Gasteiger partial charge in [0.25, 0.3) is 0 Å². The van der Waals surface area contributed by atoms with Crippen molar-refractivity contribution < 1.29 is 57.9 Å². The summed E-state index contributed by atoms with van der Waals surface area (Å²) in [5, 5.41) is 0. The van der Waals surface area contributed by atoms with Crippen molar-refractivity contribution in [2.24, 2.45) is 23.7 Å². The second-order valence-electron chi connectivity index (χ2n) is 11.7. The molecule has 0 amide bonds.